The number of rotatable bonds is 1. The van der Waals surface area contributed by atoms with Crippen molar-refractivity contribution in [1.29, 1.82) is 0 Å². The van der Waals surface area contributed by atoms with Gasteiger partial charge in [-0.25, -0.2) is 0 Å². The van der Waals surface area contributed by atoms with Gasteiger partial charge in [0.25, 0.3) is 0 Å². The molecule has 0 spiro atoms. The molecular formula is C13H9F3N. The molecule has 0 atom stereocenters. The van der Waals surface area contributed by atoms with Gasteiger partial charge >= 0.3 is 6.18 Å². The minimum absolute atomic E-state index is 0.103. The maximum atomic E-state index is 12.8. The van der Waals surface area contributed by atoms with E-state index in [1.807, 2.05) is 0 Å². The predicted molar refractivity (Wildman–Crippen MR) is 58.2 cm³/mol. The predicted octanol–water partition coefficient (Wildman–Crippen LogP) is 3.88. The lowest BCUT2D eigenvalue weighted by atomic mass is 10.0. The molecule has 0 aliphatic carbocycles. The second kappa shape index (κ2) is 4.20. The molecule has 1 radical (unpaired) electrons. The summed E-state index contributed by atoms with van der Waals surface area (Å²) in [6.45, 7) is 1.71. The zero-order chi connectivity index (χ0) is 12.5. The van der Waals surface area contributed by atoms with Crippen molar-refractivity contribution in [1.82, 2.24) is 4.98 Å². The molecule has 2 aromatic rings. The van der Waals surface area contributed by atoms with Crippen LogP contribution in [-0.2, 0) is 6.18 Å². The van der Waals surface area contributed by atoms with Crippen LogP contribution >= 0.6 is 0 Å². The van der Waals surface area contributed by atoms with E-state index >= 15 is 0 Å². The Morgan fingerprint density at radius 3 is 2.53 bits per heavy atom. The Balaban J connectivity index is 2.65. The van der Waals surface area contributed by atoms with Gasteiger partial charge < -0.3 is 0 Å². The van der Waals surface area contributed by atoms with Crippen LogP contribution in [-0.4, -0.2) is 4.98 Å². The summed E-state index contributed by atoms with van der Waals surface area (Å²) in [6.07, 6.45) is -3.00. The Morgan fingerprint density at radius 1 is 1.18 bits per heavy atom. The maximum Gasteiger partial charge on any atom is 0.417 e. The highest BCUT2D eigenvalue weighted by Crippen LogP contribution is 2.36. The molecule has 0 saturated heterocycles. The van der Waals surface area contributed by atoms with Crippen LogP contribution in [0.4, 0.5) is 13.2 Å². The van der Waals surface area contributed by atoms with E-state index in [-0.39, 0.29) is 5.56 Å². The number of benzene rings is 1. The van der Waals surface area contributed by atoms with Gasteiger partial charge in [-0.15, -0.1) is 0 Å². The smallest absolute Gasteiger partial charge is 0.255 e. The molecular weight excluding hydrogens is 227 g/mol. The SMILES string of the molecule is Cc1c[c]cnc1-c1ccccc1C(F)(F)F. The molecule has 0 unspecified atom stereocenters. The van der Waals surface area contributed by atoms with Gasteiger partial charge in [-0.3, -0.25) is 4.98 Å². The number of aromatic nitrogens is 1. The van der Waals surface area contributed by atoms with Crippen molar-refractivity contribution >= 4 is 0 Å². The summed E-state index contributed by atoms with van der Waals surface area (Å²) in [6, 6.07) is 9.79. The number of halogens is 3. The van der Waals surface area contributed by atoms with E-state index in [4.69, 9.17) is 0 Å². The molecule has 0 N–H and O–H groups in total. The van der Waals surface area contributed by atoms with E-state index < -0.39 is 11.7 Å². The van der Waals surface area contributed by atoms with Crippen molar-refractivity contribution < 1.29 is 13.2 Å². The Labute approximate surface area is 96.9 Å². The third-order valence-electron chi connectivity index (χ3n) is 2.43. The van der Waals surface area contributed by atoms with E-state index in [1.54, 1.807) is 19.1 Å². The van der Waals surface area contributed by atoms with Crippen molar-refractivity contribution in [3.05, 3.63) is 53.7 Å². The fraction of sp³-hybridized carbons (Fsp3) is 0.154. The monoisotopic (exact) mass is 236 g/mol. The molecule has 1 aromatic heterocycles. The summed E-state index contributed by atoms with van der Waals surface area (Å²) < 4.78 is 38.5. The topological polar surface area (TPSA) is 12.9 Å². The van der Waals surface area contributed by atoms with Gasteiger partial charge in [0.2, 0.25) is 0 Å². The van der Waals surface area contributed by atoms with Crippen molar-refractivity contribution in [3.8, 4) is 11.3 Å². The fourth-order valence-electron chi connectivity index (χ4n) is 1.65. The average Bonchev–Trinajstić information content (AvgIpc) is 2.28. The molecule has 17 heavy (non-hydrogen) atoms. The van der Waals surface area contributed by atoms with Gasteiger partial charge in [0.1, 0.15) is 0 Å². The molecule has 4 heteroatoms. The van der Waals surface area contributed by atoms with Crippen molar-refractivity contribution in [2.24, 2.45) is 0 Å². The molecule has 0 saturated carbocycles. The standard InChI is InChI=1S/C13H9F3N/c1-9-5-4-8-17-12(9)10-6-2-3-7-11(10)13(14,15)16/h2-3,5-8H,1H3. The van der Waals surface area contributed by atoms with Gasteiger partial charge in [-0.2, -0.15) is 13.2 Å². The number of nitrogens with zero attached hydrogens (tertiary/aromatic N) is 1. The number of aryl methyl sites for hydroxylation is 1. The van der Waals surface area contributed by atoms with Crippen LogP contribution < -0.4 is 0 Å². The number of hydrogen-bond acceptors (Lipinski definition) is 1. The first kappa shape index (κ1) is 11.6. The first-order valence-corrected chi connectivity index (χ1v) is 4.99. The highest BCUT2D eigenvalue weighted by atomic mass is 19.4. The minimum Gasteiger partial charge on any atom is -0.255 e. The third kappa shape index (κ3) is 2.30. The summed E-state index contributed by atoms with van der Waals surface area (Å²) in [7, 11) is 0. The average molecular weight is 236 g/mol. The summed E-state index contributed by atoms with van der Waals surface area (Å²) >= 11 is 0. The second-order valence-electron chi connectivity index (χ2n) is 3.64. The molecule has 1 aromatic carbocycles. The quantitative estimate of drug-likeness (QED) is 0.732. The highest BCUT2D eigenvalue weighted by molar-refractivity contribution is 5.67. The molecule has 0 fully saturated rings. The molecule has 87 valence electrons. The van der Waals surface area contributed by atoms with E-state index in [1.165, 1.54) is 18.3 Å². The summed E-state index contributed by atoms with van der Waals surface area (Å²) in [5, 5.41) is 0. The van der Waals surface area contributed by atoms with Gasteiger partial charge in [0.05, 0.1) is 11.3 Å². The lowest BCUT2D eigenvalue weighted by Crippen LogP contribution is -2.07. The number of hydrogen-bond donors (Lipinski definition) is 0. The number of alkyl halides is 3. The Bertz CT molecular complexity index is 532. The van der Waals surface area contributed by atoms with Gasteiger partial charge in [0.15, 0.2) is 0 Å². The normalized spacial score (nSPS) is 11.5. The van der Waals surface area contributed by atoms with Crippen molar-refractivity contribution in [2.45, 2.75) is 13.1 Å². The van der Waals surface area contributed by atoms with Crippen LogP contribution in [0.3, 0.4) is 0 Å². The second-order valence-corrected chi connectivity index (χ2v) is 3.64. The van der Waals surface area contributed by atoms with Crippen LogP contribution in [0.25, 0.3) is 11.3 Å². The fourth-order valence-corrected chi connectivity index (χ4v) is 1.65. The van der Waals surface area contributed by atoms with Crippen LogP contribution in [0.15, 0.2) is 36.5 Å². The highest BCUT2D eigenvalue weighted by Gasteiger charge is 2.33. The van der Waals surface area contributed by atoms with Crippen LogP contribution in [0.1, 0.15) is 11.1 Å². The first-order valence-electron chi connectivity index (χ1n) is 4.99. The van der Waals surface area contributed by atoms with E-state index in [0.29, 0.717) is 11.3 Å². The lowest BCUT2D eigenvalue weighted by Gasteiger charge is -2.13. The summed E-state index contributed by atoms with van der Waals surface area (Å²) in [4.78, 5) is 3.97. The van der Waals surface area contributed by atoms with Gasteiger partial charge in [-0.1, -0.05) is 18.2 Å². The molecule has 0 amide bonds. The maximum absolute atomic E-state index is 12.8. The molecule has 0 aliphatic heterocycles. The van der Waals surface area contributed by atoms with E-state index in [0.717, 1.165) is 6.07 Å². The Kier molecular flexibility index (Phi) is 2.88. The first-order chi connectivity index (χ1) is 8.00. The number of pyridine rings is 1. The zero-order valence-corrected chi connectivity index (χ0v) is 9.05. The van der Waals surface area contributed by atoms with Gasteiger partial charge in [-0.05, 0) is 24.6 Å². The summed E-state index contributed by atoms with van der Waals surface area (Å²) in [5.41, 5.74) is 0.453. The van der Waals surface area contributed by atoms with Crippen molar-refractivity contribution in [3.63, 3.8) is 0 Å². The Hall–Kier alpha value is -1.84. The molecule has 1 heterocycles. The zero-order valence-electron chi connectivity index (χ0n) is 9.05. The summed E-state index contributed by atoms with van der Waals surface area (Å²) in [5.74, 6) is 0. The molecule has 1 nitrogen and oxygen atoms in total. The van der Waals surface area contributed by atoms with E-state index in [2.05, 4.69) is 11.1 Å². The minimum atomic E-state index is -4.37. The Morgan fingerprint density at radius 2 is 1.88 bits per heavy atom. The van der Waals surface area contributed by atoms with Crippen LogP contribution in [0.5, 0.6) is 0 Å². The lowest BCUT2D eigenvalue weighted by molar-refractivity contribution is -0.137. The van der Waals surface area contributed by atoms with E-state index in [9.17, 15) is 13.2 Å². The molecule has 0 bridgehead atoms. The van der Waals surface area contributed by atoms with Gasteiger partial charge in [0, 0.05) is 17.8 Å². The van der Waals surface area contributed by atoms with Crippen molar-refractivity contribution in [2.75, 3.05) is 0 Å². The molecule has 2 rings (SSSR count). The third-order valence-corrected chi connectivity index (χ3v) is 2.43. The largest absolute Gasteiger partial charge is 0.417 e. The van der Waals surface area contributed by atoms with Crippen LogP contribution in [0.2, 0.25) is 0 Å². The van der Waals surface area contributed by atoms with Crippen LogP contribution in [0, 0.1) is 13.0 Å². The molecule has 0 aliphatic rings.